The second-order valence-corrected chi connectivity index (χ2v) is 4.90. The highest BCUT2D eigenvalue weighted by Gasteiger charge is 2.22. The van der Waals surface area contributed by atoms with Crippen LogP contribution in [0.5, 0.6) is 0 Å². The molecule has 3 heteroatoms. The first-order chi connectivity index (χ1) is 7.74. The minimum Gasteiger partial charge on any atom is -0.310 e. The van der Waals surface area contributed by atoms with Crippen LogP contribution in [0, 0.1) is 0 Å². The van der Waals surface area contributed by atoms with Gasteiger partial charge in [-0.15, -0.1) is 0 Å². The second kappa shape index (κ2) is 5.41. The molecule has 0 aromatic carbocycles. The molecule has 3 nitrogen and oxygen atoms in total. The monoisotopic (exact) mass is 219 g/mol. The number of hydrogen-bond donors (Lipinski definition) is 1. The molecule has 2 rings (SSSR count). The Kier molecular flexibility index (Phi) is 3.91. The maximum Gasteiger partial charge on any atom is 0.0312 e. The fraction of sp³-hybridized carbons (Fsp3) is 0.615. The Balaban J connectivity index is 1.81. The van der Waals surface area contributed by atoms with Crippen molar-refractivity contribution in [1.82, 2.24) is 15.2 Å². The molecule has 1 aliphatic heterocycles. The topological polar surface area (TPSA) is 28.2 Å². The van der Waals surface area contributed by atoms with Crippen LogP contribution in [0.25, 0.3) is 0 Å². The summed E-state index contributed by atoms with van der Waals surface area (Å²) in [5.74, 6) is 0. The van der Waals surface area contributed by atoms with Crippen LogP contribution in [0.4, 0.5) is 0 Å². The van der Waals surface area contributed by atoms with Crippen LogP contribution in [-0.4, -0.2) is 35.1 Å². The van der Waals surface area contributed by atoms with Gasteiger partial charge in [0.05, 0.1) is 0 Å². The Labute approximate surface area is 97.9 Å². The van der Waals surface area contributed by atoms with Crippen molar-refractivity contribution in [3.05, 3.63) is 30.1 Å². The minimum absolute atomic E-state index is 0.586. The van der Waals surface area contributed by atoms with E-state index < -0.39 is 0 Å². The molecule has 1 saturated heterocycles. The van der Waals surface area contributed by atoms with Crippen molar-refractivity contribution in [2.75, 3.05) is 13.1 Å². The van der Waals surface area contributed by atoms with Crippen molar-refractivity contribution < 1.29 is 0 Å². The number of hydrogen-bond acceptors (Lipinski definition) is 3. The number of nitrogens with one attached hydrogen (secondary N) is 1. The van der Waals surface area contributed by atoms with E-state index >= 15 is 0 Å². The molecule has 1 aliphatic rings. The fourth-order valence-corrected chi connectivity index (χ4v) is 2.33. The number of nitrogens with zero attached hydrogens (tertiary/aromatic N) is 2. The first kappa shape index (κ1) is 11.6. The number of rotatable bonds is 4. The summed E-state index contributed by atoms with van der Waals surface area (Å²) in [4.78, 5) is 6.65. The Morgan fingerprint density at radius 2 is 2.44 bits per heavy atom. The van der Waals surface area contributed by atoms with Gasteiger partial charge in [-0.05, 0) is 18.1 Å². The van der Waals surface area contributed by atoms with Crippen LogP contribution in [-0.2, 0) is 6.54 Å². The van der Waals surface area contributed by atoms with Gasteiger partial charge >= 0.3 is 0 Å². The van der Waals surface area contributed by atoms with E-state index in [1.54, 1.807) is 0 Å². The Hall–Kier alpha value is -0.930. The summed E-state index contributed by atoms with van der Waals surface area (Å²) in [6.45, 7) is 7.81. The fourth-order valence-electron chi connectivity index (χ4n) is 2.33. The number of likely N-dealkylation sites (tertiary alicyclic amines) is 1. The lowest BCUT2D eigenvalue weighted by Crippen LogP contribution is -2.36. The van der Waals surface area contributed by atoms with Gasteiger partial charge in [-0.1, -0.05) is 19.9 Å². The summed E-state index contributed by atoms with van der Waals surface area (Å²) in [6, 6.07) is 5.41. The summed E-state index contributed by atoms with van der Waals surface area (Å²) < 4.78 is 0. The zero-order valence-corrected chi connectivity index (χ0v) is 10.2. The highest BCUT2D eigenvalue weighted by molar-refractivity contribution is 5.08. The third-order valence-electron chi connectivity index (χ3n) is 2.97. The van der Waals surface area contributed by atoms with Gasteiger partial charge in [-0.3, -0.25) is 9.88 Å². The average molecular weight is 219 g/mol. The molecule has 2 heterocycles. The third kappa shape index (κ3) is 3.29. The Morgan fingerprint density at radius 3 is 3.12 bits per heavy atom. The molecule has 0 radical (unpaired) electrons. The average Bonchev–Trinajstić information content (AvgIpc) is 2.66. The van der Waals surface area contributed by atoms with Gasteiger partial charge in [0.1, 0.15) is 0 Å². The highest BCUT2D eigenvalue weighted by Crippen LogP contribution is 2.13. The second-order valence-electron chi connectivity index (χ2n) is 4.90. The molecule has 0 amide bonds. The molecule has 1 aromatic rings. The Bertz CT molecular complexity index is 310. The van der Waals surface area contributed by atoms with E-state index in [-0.39, 0.29) is 0 Å². The molecule has 1 N–H and O–H groups in total. The molecule has 1 fully saturated rings. The Morgan fingerprint density at radius 1 is 1.56 bits per heavy atom. The van der Waals surface area contributed by atoms with Crippen LogP contribution >= 0.6 is 0 Å². The summed E-state index contributed by atoms with van der Waals surface area (Å²) in [5.41, 5.74) is 1.31. The lowest BCUT2D eigenvalue weighted by molar-refractivity contribution is 0.316. The smallest absolute Gasteiger partial charge is 0.0312 e. The molecular weight excluding hydrogens is 198 g/mol. The lowest BCUT2D eigenvalue weighted by Gasteiger charge is -2.18. The number of pyridine rings is 1. The zero-order chi connectivity index (χ0) is 11.4. The van der Waals surface area contributed by atoms with Gasteiger partial charge in [-0.2, -0.15) is 0 Å². The zero-order valence-electron chi connectivity index (χ0n) is 10.2. The molecule has 0 bridgehead atoms. The van der Waals surface area contributed by atoms with E-state index in [4.69, 9.17) is 0 Å². The molecule has 1 unspecified atom stereocenters. The van der Waals surface area contributed by atoms with Crippen molar-refractivity contribution in [2.24, 2.45) is 0 Å². The molecule has 16 heavy (non-hydrogen) atoms. The first-order valence-electron chi connectivity index (χ1n) is 6.11. The quantitative estimate of drug-likeness (QED) is 0.834. The van der Waals surface area contributed by atoms with Gasteiger partial charge in [0, 0.05) is 44.1 Å². The van der Waals surface area contributed by atoms with Crippen molar-refractivity contribution in [3.63, 3.8) is 0 Å². The van der Waals surface area contributed by atoms with E-state index in [2.05, 4.69) is 35.1 Å². The highest BCUT2D eigenvalue weighted by atomic mass is 15.2. The summed E-state index contributed by atoms with van der Waals surface area (Å²) in [6.07, 6.45) is 5.05. The van der Waals surface area contributed by atoms with Crippen LogP contribution in [0.1, 0.15) is 25.8 Å². The molecule has 1 aromatic heterocycles. The molecule has 1 atom stereocenters. The van der Waals surface area contributed by atoms with Crippen molar-refractivity contribution in [2.45, 2.75) is 38.9 Å². The first-order valence-corrected chi connectivity index (χ1v) is 6.11. The van der Waals surface area contributed by atoms with Crippen molar-refractivity contribution in [3.8, 4) is 0 Å². The van der Waals surface area contributed by atoms with Crippen LogP contribution in [0.15, 0.2) is 24.5 Å². The molecular formula is C13H21N3. The number of aromatic nitrogens is 1. The lowest BCUT2D eigenvalue weighted by atomic mass is 10.2. The molecule has 0 saturated carbocycles. The molecule has 0 spiro atoms. The predicted molar refractivity (Wildman–Crippen MR) is 66.2 cm³/mol. The van der Waals surface area contributed by atoms with Gasteiger partial charge in [0.2, 0.25) is 0 Å². The maximum atomic E-state index is 4.15. The van der Waals surface area contributed by atoms with Crippen LogP contribution in [0.2, 0.25) is 0 Å². The summed E-state index contributed by atoms with van der Waals surface area (Å²) >= 11 is 0. The SMILES string of the molecule is CC(C)NC1CCN(Cc2cccnc2)C1. The largest absolute Gasteiger partial charge is 0.310 e. The third-order valence-corrected chi connectivity index (χ3v) is 2.97. The predicted octanol–water partition coefficient (Wildman–Crippen LogP) is 1.65. The van der Waals surface area contributed by atoms with Gasteiger partial charge in [0.25, 0.3) is 0 Å². The minimum atomic E-state index is 0.586. The maximum absolute atomic E-state index is 4.15. The van der Waals surface area contributed by atoms with Gasteiger partial charge < -0.3 is 5.32 Å². The van der Waals surface area contributed by atoms with Crippen LogP contribution in [0.3, 0.4) is 0 Å². The summed E-state index contributed by atoms with van der Waals surface area (Å²) in [5, 5.41) is 3.60. The summed E-state index contributed by atoms with van der Waals surface area (Å²) in [7, 11) is 0. The van der Waals surface area contributed by atoms with E-state index in [1.165, 1.54) is 18.5 Å². The molecule has 88 valence electrons. The van der Waals surface area contributed by atoms with Crippen molar-refractivity contribution >= 4 is 0 Å². The van der Waals surface area contributed by atoms with Crippen molar-refractivity contribution in [1.29, 1.82) is 0 Å². The van der Waals surface area contributed by atoms with E-state index in [1.807, 2.05) is 18.5 Å². The van der Waals surface area contributed by atoms with Crippen LogP contribution < -0.4 is 5.32 Å². The standard InChI is InChI=1S/C13H21N3/c1-11(2)15-13-5-7-16(10-13)9-12-4-3-6-14-8-12/h3-4,6,8,11,13,15H,5,7,9-10H2,1-2H3. The van der Waals surface area contributed by atoms with Gasteiger partial charge in [0.15, 0.2) is 0 Å². The van der Waals surface area contributed by atoms with Gasteiger partial charge in [-0.25, -0.2) is 0 Å². The van der Waals surface area contributed by atoms with E-state index in [9.17, 15) is 0 Å². The molecule has 0 aliphatic carbocycles. The van der Waals surface area contributed by atoms with E-state index in [0.717, 1.165) is 13.1 Å². The normalized spacial score (nSPS) is 21.8. The van der Waals surface area contributed by atoms with E-state index in [0.29, 0.717) is 12.1 Å².